The molecule has 0 rings (SSSR count). The number of rotatable bonds is 0. The fraction of sp³-hybridized carbons (Fsp3) is 0. The molecule has 0 heterocycles. The van der Waals surface area contributed by atoms with Crippen LogP contribution in [-0.4, -0.2) is 51.4 Å². The van der Waals surface area contributed by atoms with Gasteiger partial charge in [0, 0.05) is 0 Å². The molecule has 0 aliphatic rings. The summed E-state index contributed by atoms with van der Waals surface area (Å²) in [7, 11) is 29.7. The van der Waals surface area contributed by atoms with E-state index in [2.05, 4.69) is 10.1 Å². The van der Waals surface area contributed by atoms with Gasteiger partial charge in [0.1, 0.15) is 0 Å². The van der Waals surface area contributed by atoms with Crippen molar-refractivity contribution in [2.75, 3.05) is 0 Å². The monoisotopic (exact) mass is 385 g/mol. The Morgan fingerprint density at radius 3 is 0.889 bits per heavy atom. The van der Waals surface area contributed by atoms with Crippen LogP contribution in [0.4, 0.5) is 0 Å². The summed E-state index contributed by atoms with van der Waals surface area (Å²) in [5, 5.41) is 0. The molecule has 0 atom stereocenters. The molecule has 0 aliphatic heterocycles. The Kier molecular flexibility index (Phi) is 8.74. The molecule has 0 aromatic heterocycles. The zero-order chi connectivity index (χ0) is 6.41. The minimum atomic E-state index is -5.11. The Bertz CT molecular complexity index is 131. The van der Waals surface area contributed by atoms with Gasteiger partial charge in [0.2, 0.25) is 0 Å². The van der Waals surface area contributed by atoms with Crippen molar-refractivity contribution in [2.45, 2.75) is 0 Å². The van der Waals surface area contributed by atoms with Gasteiger partial charge < -0.3 is 0 Å². The Morgan fingerprint density at radius 1 is 0.889 bits per heavy atom. The van der Waals surface area contributed by atoms with Gasteiger partial charge in [0.25, 0.3) is 0 Å². The summed E-state index contributed by atoms with van der Waals surface area (Å²) < 4.78 is 0. The molecule has 0 unspecified atom stereocenters. The van der Waals surface area contributed by atoms with Gasteiger partial charge in [-0.15, -0.1) is 12.4 Å². The molecule has 0 aromatic carbocycles. The van der Waals surface area contributed by atoms with E-state index in [-0.39, 0.29) is 63.8 Å². The predicted octanol–water partition coefficient (Wildman–Crippen LogP) is 3.87. The van der Waals surface area contributed by atoms with E-state index in [9.17, 15) is 0 Å². The van der Waals surface area contributed by atoms with Crippen molar-refractivity contribution in [3.8, 4) is 0 Å². The maximum atomic E-state index is 5.09. The average Bonchev–Trinajstić information content (AvgIpc) is 0.592. The van der Waals surface area contributed by atoms with Crippen molar-refractivity contribution in [1.82, 2.24) is 0 Å². The molecule has 0 aliphatic carbocycles. The van der Waals surface area contributed by atoms with Gasteiger partial charge in [-0.25, -0.2) is 0 Å². The van der Waals surface area contributed by atoms with E-state index < -0.39 is 5.72 Å². The third-order valence-corrected chi connectivity index (χ3v) is 0. The predicted molar refractivity (Wildman–Crippen MR) is 51.3 cm³/mol. The van der Waals surface area contributed by atoms with E-state index in [1.54, 1.807) is 0 Å². The fourth-order valence-corrected chi connectivity index (χ4v) is 0. The Labute approximate surface area is 125 Å². The van der Waals surface area contributed by atoms with Gasteiger partial charge in [0.05, 0.1) is 0 Å². The summed E-state index contributed by atoms with van der Waals surface area (Å²) in [6.07, 6.45) is 0. The van der Waals surface area contributed by atoms with Crippen LogP contribution in [0.1, 0.15) is 0 Å². The van der Waals surface area contributed by atoms with Crippen LogP contribution < -0.4 is 0 Å². The summed E-state index contributed by atoms with van der Waals surface area (Å²) in [4.78, 5) is 0. The van der Waals surface area contributed by atoms with E-state index in [1.807, 2.05) is 0 Å². The molecule has 0 aromatic rings. The first-order valence-electron chi connectivity index (χ1n) is 0.812. The van der Waals surface area contributed by atoms with Crippen LogP contribution in [0.2, 0.25) is 0 Å². The van der Waals surface area contributed by atoms with Crippen molar-refractivity contribution in [3.05, 3.63) is 0 Å². The van der Waals surface area contributed by atoms with Gasteiger partial charge in [-0.2, -0.15) is 0 Å². The Balaban J connectivity index is -0.000000180. The molecule has 59 valence electrons. The number of hydrogen-bond acceptors (Lipinski definition) is 1. The Morgan fingerprint density at radius 2 is 0.889 bits per heavy atom. The summed E-state index contributed by atoms with van der Waals surface area (Å²) in [6, 6.07) is 0. The van der Waals surface area contributed by atoms with Crippen LogP contribution in [0, 0.1) is 0 Å². The molecule has 0 N–H and O–H groups in total. The van der Waals surface area contributed by atoms with E-state index in [0.717, 1.165) is 0 Å². The molecular formula is H2Cl6KRuS. The summed E-state index contributed by atoms with van der Waals surface area (Å²) in [5.74, 6) is 0. The van der Waals surface area contributed by atoms with E-state index in [1.165, 1.54) is 0 Å². The second-order valence-electron chi connectivity index (χ2n) is 0.778. The number of halogens is 6. The van der Waals surface area contributed by atoms with E-state index in [0.29, 0.717) is 0 Å². The molecule has 0 saturated heterocycles. The summed E-state index contributed by atoms with van der Waals surface area (Å²) in [6.45, 7) is 0. The van der Waals surface area contributed by atoms with Gasteiger partial charge >= 0.3 is 116 Å². The molecule has 0 nitrogen and oxygen atoms in total. The molecule has 0 radical (unpaired) electrons. The van der Waals surface area contributed by atoms with Gasteiger partial charge in [-0.05, 0) is 0 Å². The zero-order valence-electron chi connectivity index (χ0n) is 3.06. The molecule has 9 heteroatoms. The molecule has 0 spiro atoms. The van der Waals surface area contributed by atoms with Gasteiger partial charge in [-0.1, -0.05) is 0 Å². The molecular weight excluding hydrogens is 385 g/mol. The zero-order valence-corrected chi connectivity index (χ0v) is 10.2. The second-order valence-corrected chi connectivity index (χ2v) is 41.4. The Hall–Kier alpha value is 4.22. The van der Waals surface area contributed by atoms with Crippen LogP contribution >= 0.6 is 71.0 Å². The average molecular weight is 387 g/mol. The van der Waals surface area contributed by atoms with E-state index in [4.69, 9.17) is 48.5 Å². The van der Waals surface area contributed by atoms with Crippen LogP contribution in [0.5, 0.6) is 0 Å². The number of hydrogen-bond donors (Lipinski definition) is 0. The van der Waals surface area contributed by atoms with Crippen LogP contribution in [0.15, 0.2) is 0 Å². The van der Waals surface area contributed by atoms with Gasteiger partial charge in [-0.3, -0.25) is 0 Å². The third-order valence-electron chi connectivity index (χ3n) is 0. The summed E-state index contributed by atoms with van der Waals surface area (Å²) in [5.41, 5.74) is -5.11. The SMILES string of the molecule is Cl.[KH].[S]=[Ru]([Cl])([Cl])([Cl])([Cl])[Cl]. The van der Waals surface area contributed by atoms with Crippen LogP contribution in [-0.2, 0) is 5.72 Å². The molecule has 0 saturated carbocycles. The quantitative estimate of drug-likeness (QED) is 0.569. The van der Waals surface area contributed by atoms with Gasteiger partial charge in [0.15, 0.2) is 0 Å². The summed E-state index contributed by atoms with van der Waals surface area (Å²) >= 11 is 0. The molecule has 0 fully saturated rings. The van der Waals surface area contributed by atoms with Crippen molar-refractivity contribution in [1.29, 1.82) is 0 Å². The molecule has 0 bridgehead atoms. The van der Waals surface area contributed by atoms with E-state index >= 15 is 0 Å². The maximum absolute atomic E-state index is 5.11. The fourth-order valence-electron chi connectivity index (χ4n) is 0. The molecule has 9 heavy (non-hydrogen) atoms. The van der Waals surface area contributed by atoms with Crippen molar-refractivity contribution in [2.24, 2.45) is 0 Å². The normalized spacial score (nSPS) is 17.9. The van der Waals surface area contributed by atoms with Crippen molar-refractivity contribution < 1.29 is 5.72 Å². The standard InChI is InChI=1S/6ClH.K.Ru.S.H/h6*1H;;;;/q;;;;;;;+5;;/p-5. The topological polar surface area (TPSA) is 0 Å². The third kappa shape index (κ3) is 71.7. The minimum absolute atomic E-state index is 0. The van der Waals surface area contributed by atoms with Crippen LogP contribution in [0.25, 0.3) is 0 Å². The first kappa shape index (κ1) is 18.9. The second kappa shape index (κ2) is 4.16. The van der Waals surface area contributed by atoms with Crippen LogP contribution in [0.3, 0.4) is 0 Å². The van der Waals surface area contributed by atoms with Crippen molar-refractivity contribution >= 4 is 122 Å². The first-order valence-corrected chi connectivity index (χ1v) is 14.4. The van der Waals surface area contributed by atoms with Crippen molar-refractivity contribution in [3.63, 3.8) is 0 Å². The molecule has 0 amide bonds. The first-order chi connectivity index (χ1) is 2.45.